The average molecular weight is 409 g/mol. The van der Waals surface area contributed by atoms with Crippen molar-refractivity contribution >= 4 is 11.5 Å². The first-order valence-corrected chi connectivity index (χ1v) is 7.07. The van der Waals surface area contributed by atoms with E-state index in [1.165, 1.54) is 0 Å². The van der Waals surface area contributed by atoms with Crippen molar-refractivity contribution in [2.45, 2.75) is 36.8 Å². The first kappa shape index (κ1) is 21.0. The average Bonchev–Trinajstić information content (AvgIpc) is 2.53. The van der Waals surface area contributed by atoms with Crippen LogP contribution in [-0.2, 0) is 6.42 Å². The summed E-state index contributed by atoms with van der Waals surface area (Å²) in [7, 11) is 0. The van der Waals surface area contributed by atoms with E-state index in [-0.39, 0.29) is 5.56 Å². The predicted molar refractivity (Wildman–Crippen MR) is 70.1 cm³/mol. The number of carbonyl (C=O) groups is 1. The normalized spacial score (nSPS) is 19.0. The molecule has 0 N–H and O–H groups in total. The number of carbonyl (C=O) groups excluding carboxylic acids is 1. The van der Waals surface area contributed by atoms with Crippen LogP contribution in [0.2, 0.25) is 0 Å². The lowest BCUT2D eigenvalue weighted by atomic mass is 9.76. The van der Waals surface area contributed by atoms with Crippen molar-refractivity contribution in [2.75, 3.05) is 0 Å². The van der Waals surface area contributed by atoms with Gasteiger partial charge in [0.2, 0.25) is 0 Å². The van der Waals surface area contributed by atoms with Gasteiger partial charge in [-0.3, -0.25) is 14.9 Å². The summed E-state index contributed by atoms with van der Waals surface area (Å²) in [6, 6.07) is 2.37. The van der Waals surface area contributed by atoms with Gasteiger partial charge in [0.05, 0.1) is 10.8 Å². The molecule has 1 aliphatic rings. The van der Waals surface area contributed by atoms with E-state index >= 15 is 0 Å². The molecule has 27 heavy (non-hydrogen) atoms. The van der Waals surface area contributed by atoms with Crippen LogP contribution >= 0.6 is 0 Å². The fourth-order valence-corrected chi connectivity index (χ4v) is 2.70. The number of benzene rings is 1. The van der Waals surface area contributed by atoms with E-state index < -0.39 is 64.7 Å². The summed E-state index contributed by atoms with van der Waals surface area (Å²) in [5.74, 6) is -25.2. The highest BCUT2D eigenvalue weighted by atomic mass is 19.4. The minimum Gasteiger partial charge on any atom is -0.294 e. The van der Waals surface area contributed by atoms with E-state index in [0.717, 1.165) is 12.1 Å². The quantitative estimate of drug-likeness (QED) is 0.408. The third-order valence-corrected chi connectivity index (χ3v) is 4.20. The Morgan fingerprint density at radius 2 is 1.52 bits per heavy atom. The summed E-state index contributed by atoms with van der Waals surface area (Å²) in [5.41, 5.74) is -1.62. The Balaban J connectivity index is 2.50. The number of alkyl halides is 9. The summed E-state index contributed by atoms with van der Waals surface area (Å²) in [4.78, 5) is 21.7. The second-order valence-corrected chi connectivity index (χ2v) is 5.82. The van der Waals surface area contributed by atoms with Crippen molar-refractivity contribution in [3.05, 3.63) is 39.4 Å². The molecule has 0 bridgehead atoms. The molecule has 0 fully saturated rings. The van der Waals surface area contributed by atoms with Crippen molar-refractivity contribution in [3.63, 3.8) is 0 Å². The highest BCUT2D eigenvalue weighted by Gasteiger charge is 2.83. The first-order valence-electron chi connectivity index (χ1n) is 7.07. The molecule has 0 radical (unpaired) electrons. The van der Waals surface area contributed by atoms with E-state index in [1.54, 1.807) is 0 Å². The predicted octanol–water partition coefficient (Wildman–Crippen LogP) is 4.81. The highest BCUT2D eigenvalue weighted by Crippen LogP contribution is 2.56. The number of non-ortho nitro benzene ring substituents is 1. The molecule has 1 aromatic rings. The number of nitro groups is 1. The first-order chi connectivity index (χ1) is 12.1. The standard InChI is InChI=1S/C14H8F9NO3/c15-11(16,12(17,18)13(19,20)14(21,22)23)9-4-2-6-1-3-7(24(26)27)5-8(6)10(9)25/h1,3,5,9H,2,4H2. The molecule has 0 aliphatic heterocycles. The maximum Gasteiger partial charge on any atom is 0.460 e. The Morgan fingerprint density at radius 3 is 2.00 bits per heavy atom. The smallest absolute Gasteiger partial charge is 0.294 e. The lowest BCUT2D eigenvalue weighted by molar-refractivity contribution is -0.400. The zero-order valence-corrected chi connectivity index (χ0v) is 12.8. The molecule has 1 atom stereocenters. The number of rotatable bonds is 4. The second kappa shape index (κ2) is 6.09. The molecular weight excluding hydrogens is 401 g/mol. The number of aryl methyl sites for hydroxylation is 1. The minimum absolute atomic E-state index is 0.0523. The second-order valence-electron chi connectivity index (χ2n) is 5.82. The molecule has 0 amide bonds. The molecule has 0 aromatic heterocycles. The van der Waals surface area contributed by atoms with Crippen molar-refractivity contribution in [3.8, 4) is 0 Å². The number of fused-ring (bicyclic) bond motifs is 1. The Bertz CT molecular complexity index is 789. The van der Waals surface area contributed by atoms with Crippen LogP contribution in [0.4, 0.5) is 45.2 Å². The molecule has 4 nitrogen and oxygen atoms in total. The van der Waals surface area contributed by atoms with Crippen LogP contribution in [0.15, 0.2) is 18.2 Å². The molecule has 1 aliphatic carbocycles. The van der Waals surface area contributed by atoms with Gasteiger partial charge < -0.3 is 0 Å². The van der Waals surface area contributed by atoms with Crippen molar-refractivity contribution < 1.29 is 49.2 Å². The van der Waals surface area contributed by atoms with Gasteiger partial charge in [0.15, 0.2) is 5.78 Å². The van der Waals surface area contributed by atoms with Gasteiger partial charge in [0.1, 0.15) is 0 Å². The number of nitrogens with zero attached hydrogens (tertiary/aromatic N) is 1. The van der Waals surface area contributed by atoms with Gasteiger partial charge in [-0.05, 0) is 18.4 Å². The van der Waals surface area contributed by atoms with Crippen molar-refractivity contribution in [1.29, 1.82) is 0 Å². The largest absolute Gasteiger partial charge is 0.460 e. The van der Waals surface area contributed by atoms with E-state index in [1.807, 2.05) is 0 Å². The zero-order valence-electron chi connectivity index (χ0n) is 12.8. The van der Waals surface area contributed by atoms with Gasteiger partial charge >= 0.3 is 23.9 Å². The number of ketones is 1. The summed E-state index contributed by atoms with van der Waals surface area (Å²) < 4.78 is 118. The van der Waals surface area contributed by atoms with Crippen LogP contribution in [0.5, 0.6) is 0 Å². The molecule has 13 heteroatoms. The SMILES string of the molecule is O=C1c2cc([N+](=O)[O-])ccc2CCC1C(F)(F)C(F)(F)C(F)(F)C(F)(F)F. The summed E-state index contributed by atoms with van der Waals surface area (Å²) in [6.45, 7) is 0. The maximum absolute atomic E-state index is 14.0. The lowest BCUT2D eigenvalue weighted by Crippen LogP contribution is -2.64. The van der Waals surface area contributed by atoms with E-state index in [2.05, 4.69) is 0 Å². The number of hydrogen-bond acceptors (Lipinski definition) is 3. The van der Waals surface area contributed by atoms with Gasteiger partial charge in [-0.2, -0.15) is 39.5 Å². The Hall–Kier alpha value is -2.34. The summed E-state index contributed by atoms with van der Waals surface area (Å²) in [5, 5.41) is 10.7. The van der Waals surface area contributed by atoms with Gasteiger partial charge in [-0.25, -0.2) is 0 Å². The molecule has 1 unspecified atom stereocenters. The van der Waals surface area contributed by atoms with Gasteiger partial charge in [-0.15, -0.1) is 0 Å². The van der Waals surface area contributed by atoms with Crippen molar-refractivity contribution in [2.24, 2.45) is 5.92 Å². The zero-order chi connectivity index (χ0) is 21.0. The van der Waals surface area contributed by atoms with E-state index in [0.29, 0.717) is 6.07 Å². The van der Waals surface area contributed by atoms with Crippen LogP contribution in [-0.4, -0.2) is 34.7 Å². The number of halogens is 9. The molecule has 0 saturated carbocycles. The monoisotopic (exact) mass is 409 g/mol. The molecular formula is C14H8F9NO3. The van der Waals surface area contributed by atoms with E-state index in [9.17, 15) is 54.4 Å². The fraction of sp³-hybridized carbons (Fsp3) is 0.500. The molecule has 2 rings (SSSR count). The third kappa shape index (κ3) is 3.02. The van der Waals surface area contributed by atoms with Crippen molar-refractivity contribution in [1.82, 2.24) is 0 Å². The Morgan fingerprint density at radius 1 is 0.963 bits per heavy atom. The van der Waals surface area contributed by atoms with Crippen LogP contribution in [0.25, 0.3) is 0 Å². The van der Waals surface area contributed by atoms with Crippen LogP contribution in [0.3, 0.4) is 0 Å². The Kier molecular flexibility index (Phi) is 4.73. The fourth-order valence-electron chi connectivity index (χ4n) is 2.70. The molecule has 0 saturated heterocycles. The third-order valence-electron chi connectivity index (χ3n) is 4.20. The highest BCUT2D eigenvalue weighted by molar-refractivity contribution is 6.01. The Labute approximate surface area is 144 Å². The van der Waals surface area contributed by atoms with E-state index in [4.69, 9.17) is 0 Å². The number of Topliss-reactive ketones (excluding diaryl/α,β-unsaturated/α-hetero) is 1. The molecule has 0 spiro atoms. The summed E-state index contributed by atoms with van der Waals surface area (Å²) in [6.07, 6.45) is -8.68. The maximum atomic E-state index is 14.0. The molecule has 0 heterocycles. The number of hydrogen-bond donors (Lipinski definition) is 0. The summed E-state index contributed by atoms with van der Waals surface area (Å²) >= 11 is 0. The number of nitro benzene ring substituents is 1. The molecule has 1 aromatic carbocycles. The minimum atomic E-state index is -7.10. The van der Waals surface area contributed by atoms with Gasteiger partial charge in [0, 0.05) is 17.7 Å². The topological polar surface area (TPSA) is 60.2 Å². The van der Waals surface area contributed by atoms with Crippen LogP contribution in [0.1, 0.15) is 22.3 Å². The van der Waals surface area contributed by atoms with Gasteiger partial charge in [-0.1, -0.05) is 6.07 Å². The van der Waals surface area contributed by atoms with Crippen LogP contribution in [0, 0.1) is 16.0 Å². The lowest BCUT2D eigenvalue weighted by Gasteiger charge is -2.38. The van der Waals surface area contributed by atoms with Crippen LogP contribution < -0.4 is 0 Å². The molecule has 150 valence electrons. The van der Waals surface area contributed by atoms with Gasteiger partial charge in [0.25, 0.3) is 5.69 Å².